The highest BCUT2D eigenvalue weighted by atomic mass is 32.2. The van der Waals surface area contributed by atoms with Crippen LogP contribution < -0.4 is 5.32 Å². The van der Waals surface area contributed by atoms with E-state index in [1.807, 2.05) is 11.8 Å². The summed E-state index contributed by atoms with van der Waals surface area (Å²) in [5.74, 6) is 1.95. The molecular formula is C14H24N4OS2. The Morgan fingerprint density at radius 1 is 1.38 bits per heavy atom. The fourth-order valence-electron chi connectivity index (χ4n) is 2.94. The molecule has 3 rings (SSSR count). The van der Waals surface area contributed by atoms with E-state index in [-0.39, 0.29) is 0 Å². The third-order valence-electron chi connectivity index (χ3n) is 4.08. The van der Waals surface area contributed by atoms with Crippen LogP contribution in [0.25, 0.3) is 0 Å². The summed E-state index contributed by atoms with van der Waals surface area (Å²) in [5.41, 5.74) is 0. The Bertz CT molecular complexity index is 436. The summed E-state index contributed by atoms with van der Waals surface area (Å²) in [6.45, 7) is 4.22. The van der Waals surface area contributed by atoms with E-state index in [1.54, 1.807) is 11.3 Å². The molecule has 0 aliphatic carbocycles. The van der Waals surface area contributed by atoms with E-state index in [4.69, 9.17) is 4.74 Å². The lowest BCUT2D eigenvalue weighted by molar-refractivity contribution is 0.120. The zero-order valence-corrected chi connectivity index (χ0v) is 14.2. The van der Waals surface area contributed by atoms with Gasteiger partial charge in [-0.15, -0.1) is 10.2 Å². The molecule has 7 heteroatoms. The van der Waals surface area contributed by atoms with Gasteiger partial charge in [0.1, 0.15) is 0 Å². The van der Waals surface area contributed by atoms with Crippen LogP contribution in [0.1, 0.15) is 25.7 Å². The fourth-order valence-corrected chi connectivity index (χ4v) is 4.85. The highest BCUT2D eigenvalue weighted by Gasteiger charge is 2.19. The molecule has 1 aromatic heterocycles. The van der Waals surface area contributed by atoms with Crippen LogP contribution in [-0.2, 0) is 4.74 Å². The monoisotopic (exact) mass is 328 g/mol. The lowest BCUT2D eigenvalue weighted by atomic mass is 10.0. The Labute approximate surface area is 134 Å². The van der Waals surface area contributed by atoms with Crippen molar-refractivity contribution in [2.45, 2.75) is 36.1 Å². The van der Waals surface area contributed by atoms with Gasteiger partial charge in [-0.1, -0.05) is 23.1 Å². The molecule has 2 fully saturated rings. The number of rotatable bonds is 6. The number of nitrogens with zero attached hydrogens (tertiary/aromatic N) is 3. The van der Waals surface area contributed by atoms with Crippen LogP contribution in [0.2, 0.25) is 0 Å². The van der Waals surface area contributed by atoms with Crippen molar-refractivity contribution in [3.8, 4) is 0 Å². The second-order valence-electron chi connectivity index (χ2n) is 5.97. The molecule has 2 aliphatic rings. The lowest BCUT2D eigenvalue weighted by Gasteiger charge is -2.29. The predicted molar refractivity (Wildman–Crippen MR) is 88.3 cm³/mol. The summed E-state index contributed by atoms with van der Waals surface area (Å²) in [4.78, 5) is 2.43. The van der Waals surface area contributed by atoms with Gasteiger partial charge in [0.2, 0.25) is 5.13 Å². The van der Waals surface area contributed by atoms with Gasteiger partial charge in [-0.2, -0.15) is 0 Å². The van der Waals surface area contributed by atoms with Gasteiger partial charge in [0.15, 0.2) is 4.34 Å². The molecule has 2 saturated heterocycles. The summed E-state index contributed by atoms with van der Waals surface area (Å²) < 4.78 is 6.68. The molecular weight excluding hydrogens is 304 g/mol. The number of hydrogen-bond acceptors (Lipinski definition) is 7. The highest BCUT2D eigenvalue weighted by molar-refractivity contribution is 8.01. The third-order valence-corrected chi connectivity index (χ3v) is 6.32. The average molecular weight is 329 g/mol. The van der Waals surface area contributed by atoms with Crippen LogP contribution in [0.4, 0.5) is 5.13 Å². The second kappa shape index (κ2) is 7.76. The van der Waals surface area contributed by atoms with Crippen LogP contribution in [0.3, 0.4) is 0 Å². The molecule has 1 N–H and O–H groups in total. The largest absolute Gasteiger partial charge is 0.376 e. The van der Waals surface area contributed by atoms with E-state index in [0.29, 0.717) is 6.10 Å². The molecule has 0 aromatic carbocycles. The average Bonchev–Trinajstić information content (AvgIpc) is 3.15. The Morgan fingerprint density at radius 3 is 3.14 bits per heavy atom. The summed E-state index contributed by atoms with van der Waals surface area (Å²) in [5, 5.41) is 12.8. The molecule has 118 valence electrons. The van der Waals surface area contributed by atoms with Gasteiger partial charge in [0.25, 0.3) is 0 Å². The van der Waals surface area contributed by atoms with Gasteiger partial charge in [-0.3, -0.25) is 0 Å². The third kappa shape index (κ3) is 4.81. The molecule has 0 bridgehead atoms. The van der Waals surface area contributed by atoms with Gasteiger partial charge in [0.05, 0.1) is 6.10 Å². The number of likely N-dealkylation sites (tertiary alicyclic amines) is 1. The van der Waals surface area contributed by atoms with E-state index in [1.165, 1.54) is 32.4 Å². The van der Waals surface area contributed by atoms with Gasteiger partial charge < -0.3 is 15.0 Å². The maximum Gasteiger partial charge on any atom is 0.206 e. The van der Waals surface area contributed by atoms with Crippen molar-refractivity contribution in [3.63, 3.8) is 0 Å². The molecule has 0 radical (unpaired) electrons. The summed E-state index contributed by atoms with van der Waals surface area (Å²) in [6.07, 6.45) is 5.36. The minimum absolute atomic E-state index is 0.350. The van der Waals surface area contributed by atoms with E-state index in [0.717, 1.165) is 40.7 Å². The molecule has 0 unspecified atom stereocenters. The first kappa shape index (κ1) is 15.5. The molecule has 0 amide bonds. The Hall–Kier alpha value is -0.370. The topological polar surface area (TPSA) is 50.3 Å². The standard InChI is InChI=1S/C14H24N4OS2/c1-18-6-2-4-11(9-18)10-20-14-17-16-13(21-14)15-8-12-5-3-7-19-12/h11-12H,2-10H2,1H3,(H,15,16)/t11-,12-/m1/s1. The normalized spacial score (nSPS) is 27.1. The first-order chi connectivity index (χ1) is 10.3. The minimum Gasteiger partial charge on any atom is -0.376 e. The van der Waals surface area contributed by atoms with Crippen LogP contribution in [-0.4, -0.2) is 60.2 Å². The van der Waals surface area contributed by atoms with Gasteiger partial charge >= 0.3 is 0 Å². The van der Waals surface area contributed by atoms with Crippen molar-refractivity contribution in [2.75, 3.05) is 44.4 Å². The predicted octanol–water partition coefficient (Wildman–Crippen LogP) is 2.56. The van der Waals surface area contributed by atoms with Crippen LogP contribution in [0.15, 0.2) is 4.34 Å². The second-order valence-corrected chi connectivity index (χ2v) is 8.22. The van der Waals surface area contributed by atoms with Crippen molar-refractivity contribution >= 4 is 28.2 Å². The van der Waals surface area contributed by atoms with Gasteiger partial charge in [-0.05, 0) is 45.2 Å². The number of hydrogen-bond donors (Lipinski definition) is 1. The zero-order valence-electron chi connectivity index (χ0n) is 12.6. The first-order valence-electron chi connectivity index (χ1n) is 7.80. The Balaban J connectivity index is 1.39. The fraction of sp³-hybridized carbons (Fsp3) is 0.857. The minimum atomic E-state index is 0.350. The maximum absolute atomic E-state index is 5.60. The van der Waals surface area contributed by atoms with Crippen molar-refractivity contribution < 1.29 is 4.74 Å². The van der Waals surface area contributed by atoms with Crippen molar-refractivity contribution in [1.29, 1.82) is 0 Å². The first-order valence-corrected chi connectivity index (χ1v) is 9.60. The Morgan fingerprint density at radius 2 is 2.33 bits per heavy atom. The summed E-state index contributed by atoms with van der Waals surface area (Å²) >= 11 is 3.52. The number of nitrogens with one attached hydrogen (secondary N) is 1. The van der Waals surface area contributed by atoms with Crippen LogP contribution in [0, 0.1) is 5.92 Å². The van der Waals surface area contributed by atoms with E-state index in [2.05, 4.69) is 27.5 Å². The van der Waals surface area contributed by atoms with E-state index < -0.39 is 0 Å². The smallest absolute Gasteiger partial charge is 0.206 e. The molecule has 3 heterocycles. The molecule has 2 aliphatic heterocycles. The molecule has 1 aromatic rings. The SMILES string of the molecule is CN1CCC[C@@H](CSc2nnc(NC[C@H]3CCCO3)s2)C1. The highest BCUT2D eigenvalue weighted by Crippen LogP contribution is 2.29. The molecule has 2 atom stereocenters. The van der Waals surface area contributed by atoms with Crippen LogP contribution in [0.5, 0.6) is 0 Å². The number of thioether (sulfide) groups is 1. The molecule has 0 saturated carbocycles. The van der Waals surface area contributed by atoms with Crippen molar-refractivity contribution in [3.05, 3.63) is 0 Å². The summed E-state index contributed by atoms with van der Waals surface area (Å²) in [6, 6.07) is 0. The molecule has 5 nitrogen and oxygen atoms in total. The molecule has 0 spiro atoms. The van der Waals surface area contributed by atoms with E-state index in [9.17, 15) is 0 Å². The number of anilines is 1. The summed E-state index contributed by atoms with van der Waals surface area (Å²) in [7, 11) is 2.22. The van der Waals surface area contributed by atoms with Gasteiger partial charge in [-0.25, -0.2) is 0 Å². The lowest BCUT2D eigenvalue weighted by Crippen LogP contribution is -2.33. The van der Waals surface area contributed by atoms with Gasteiger partial charge in [0, 0.05) is 25.4 Å². The van der Waals surface area contributed by atoms with Crippen LogP contribution >= 0.6 is 23.1 Å². The zero-order chi connectivity index (χ0) is 14.5. The molecule has 21 heavy (non-hydrogen) atoms. The number of piperidine rings is 1. The maximum atomic E-state index is 5.60. The number of aromatic nitrogens is 2. The van der Waals surface area contributed by atoms with Crippen molar-refractivity contribution in [1.82, 2.24) is 15.1 Å². The quantitative estimate of drug-likeness (QED) is 0.810. The van der Waals surface area contributed by atoms with E-state index >= 15 is 0 Å². The number of ether oxygens (including phenoxy) is 1. The Kier molecular flexibility index (Phi) is 5.74. The van der Waals surface area contributed by atoms with Crippen molar-refractivity contribution in [2.24, 2.45) is 5.92 Å².